The van der Waals surface area contributed by atoms with Crippen LogP contribution in [0.4, 0.5) is 5.69 Å². The van der Waals surface area contributed by atoms with E-state index >= 15 is 0 Å². The van der Waals surface area contributed by atoms with Crippen LogP contribution in [0.3, 0.4) is 0 Å². The molecule has 0 aliphatic rings. The first-order chi connectivity index (χ1) is 12.4. The van der Waals surface area contributed by atoms with E-state index in [2.05, 4.69) is 9.97 Å². The second-order valence-corrected chi connectivity index (χ2v) is 5.84. The van der Waals surface area contributed by atoms with Gasteiger partial charge in [0, 0.05) is 12.1 Å². The fraction of sp³-hybridized carbons (Fsp3) is 0.118. The average molecular weight is 374 g/mol. The molecule has 1 N–H and O–H groups in total. The minimum absolute atomic E-state index is 0.0211. The van der Waals surface area contributed by atoms with Crippen LogP contribution in [0, 0.1) is 10.1 Å². The van der Waals surface area contributed by atoms with Crippen LogP contribution < -0.4 is 5.56 Å². The molecular formula is C17H12ClN3O5. The van der Waals surface area contributed by atoms with Gasteiger partial charge in [-0.05, 0) is 25.1 Å². The van der Waals surface area contributed by atoms with Crippen molar-refractivity contribution in [1.82, 2.24) is 9.97 Å². The minimum atomic E-state index is -0.855. The van der Waals surface area contributed by atoms with Gasteiger partial charge < -0.3 is 9.72 Å². The number of hydrogen-bond acceptors (Lipinski definition) is 6. The maximum atomic E-state index is 12.3. The Morgan fingerprint density at radius 3 is 2.73 bits per heavy atom. The molecule has 0 radical (unpaired) electrons. The summed E-state index contributed by atoms with van der Waals surface area (Å²) in [5.74, 6) is -0.603. The number of para-hydroxylation sites is 1. The number of esters is 1. The Morgan fingerprint density at radius 2 is 2.04 bits per heavy atom. The Kier molecular flexibility index (Phi) is 4.68. The lowest BCUT2D eigenvalue weighted by atomic mass is 10.2. The average Bonchev–Trinajstić information content (AvgIpc) is 2.61. The molecule has 0 bridgehead atoms. The van der Waals surface area contributed by atoms with Gasteiger partial charge in [0.25, 0.3) is 11.2 Å². The van der Waals surface area contributed by atoms with Crippen LogP contribution in [-0.2, 0) is 4.74 Å². The quantitative estimate of drug-likeness (QED) is 0.425. The van der Waals surface area contributed by atoms with Crippen LogP contribution in [0.2, 0.25) is 5.02 Å². The molecule has 26 heavy (non-hydrogen) atoms. The van der Waals surface area contributed by atoms with E-state index in [0.29, 0.717) is 10.9 Å². The van der Waals surface area contributed by atoms with Crippen molar-refractivity contribution in [1.29, 1.82) is 0 Å². The number of non-ortho nitro benzene ring substituents is 1. The number of nitrogens with one attached hydrogen (secondary N) is 1. The van der Waals surface area contributed by atoms with Crippen molar-refractivity contribution in [2.75, 3.05) is 0 Å². The zero-order chi connectivity index (χ0) is 18.8. The van der Waals surface area contributed by atoms with Crippen LogP contribution in [-0.4, -0.2) is 20.9 Å². The molecule has 1 heterocycles. The molecule has 0 unspecified atom stereocenters. The van der Waals surface area contributed by atoms with E-state index in [1.807, 2.05) is 0 Å². The molecule has 0 amide bonds. The second-order valence-electron chi connectivity index (χ2n) is 5.44. The first-order valence-electron chi connectivity index (χ1n) is 7.50. The maximum Gasteiger partial charge on any atom is 0.340 e. The Hall–Kier alpha value is -3.26. The summed E-state index contributed by atoms with van der Waals surface area (Å²) in [5.41, 5.74) is -0.128. The van der Waals surface area contributed by atoms with E-state index in [1.54, 1.807) is 31.2 Å². The van der Waals surface area contributed by atoms with Gasteiger partial charge in [0.15, 0.2) is 11.9 Å². The highest BCUT2D eigenvalue weighted by molar-refractivity contribution is 6.33. The van der Waals surface area contributed by atoms with Crippen molar-refractivity contribution in [2.45, 2.75) is 13.0 Å². The largest absolute Gasteiger partial charge is 0.451 e. The molecular weight excluding hydrogens is 362 g/mol. The summed E-state index contributed by atoms with van der Waals surface area (Å²) in [7, 11) is 0. The normalized spacial score (nSPS) is 11.9. The van der Waals surface area contributed by atoms with E-state index in [1.165, 1.54) is 6.07 Å². The molecule has 1 atom stereocenters. The number of benzene rings is 2. The number of hydrogen-bond donors (Lipinski definition) is 1. The number of aromatic amines is 1. The van der Waals surface area contributed by atoms with Gasteiger partial charge in [0.1, 0.15) is 0 Å². The number of nitrogens with zero attached hydrogens (tertiary/aromatic N) is 2. The van der Waals surface area contributed by atoms with Crippen molar-refractivity contribution in [2.24, 2.45) is 0 Å². The Bertz CT molecular complexity index is 1080. The van der Waals surface area contributed by atoms with Gasteiger partial charge in [-0.2, -0.15) is 0 Å². The zero-order valence-corrected chi connectivity index (χ0v) is 14.2. The number of rotatable bonds is 4. The van der Waals surface area contributed by atoms with Crippen LogP contribution in [0.5, 0.6) is 0 Å². The summed E-state index contributed by atoms with van der Waals surface area (Å²) in [6.45, 7) is 1.55. The monoisotopic (exact) mass is 373 g/mol. The number of aromatic nitrogens is 2. The molecule has 0 aliphatic carbocycles. The first-order valence-corrected chi connectivity index (χ1v) is 7.88. The van der Waals surface area contributed by atoms with Crippen LogP contribution in [0.1, 0.15) is 29.2 Å². The highest BCUT2D eigenvalue weighted by Gasteiger charge is 2.20. The van der Waals surface area contributed by atoms with Gasteiger partial charge >= 0.3 is 5.97 Å². The predicted molar refractivity (Wildman–Crippen MR) is 94.3 cm³/mol. The number of nitro groups is 1. The lowest BCUT2D eigenvalue weighted by Crippen LogP contribution is -2.17. The molecule has 0 saturated heterocycles. The summed E-state index contributed by atoms with van der Waals surface area (Å²) in [6.07, 6.45) is -0.855. The van der Waals surface area contributed by atoms with Crippen molar-refractivity contribution < 1.29 is 14.5 Å². The predicted octanol–water partition coefficient (Wildman–Crippen LogP) is 3.40. The van der Waals surface area contributed by atoms with Gasteiger partial charge in [-0.3, -0.25) is 14.9 Å². The fourth-order valence-corrected chi connectivity index (χ4v) is 2.61. The Morgan fingerprint density at radius 1 is 1.31 bits per heavy atom. The van der Waals surface area contributed by atoms with E-state index in [9.17, 15) is 19.7 Å². The summed E-state index contributed by atoms with van der Waals surface area (Å²) in [4.78, 5) is 41.4. The third-order valence-electron chi connectivity index (χ3n) is 3.68. The number of carbonyl (C=O) groups excluding carboxylic acids is 1. The molecule has 0 aliphatic heterocycles. The number of H-pyrrole nitrogens is 1. The Labute approximate surface area is 151 Å². The SMILES string of the molecule is C[C@@H](OC(=O)c1ccc([N+](=O)[O-])cc1Cl)c1nc2ccccc2c(=O)[nH]1. The standard InChI is InChI=1S/C17H12ClN3O5/c1-9(15-19-14-5-3-2-4-12(14)16(22)20-15)26-17(23)11-7-6-10(21(24)25)8-13(11)18/h2-9H,1H3,(H,19,20,22)/t9-/m1/s1. The molecule has 8 nitrogen and oxygen atoms in total. The van der Waals surface area contributed by atoms with E-state index in [4.69, 9.17) is 16.3 Å². The lowest BCUT2D eigenvalue weighted by Gasteiger charge is -2.13. The highest BCUT2D eigenvalue weighted by atomic mass is 35.5. The van der Waals surface area contributed by atoms with Crippen molar-refractivity contribution in [3.8, 4) is 0 Å². The zero-order valence-electron chi connectivity index (χ0n) is 13.4. The topological polar surface area (TPSA) is 115 Å². The molecule has 2 aromatic carbocycles. The molecule has 0 spiro atoms. The lowest BCUT2D eigenvalue weighted by molar-refractivity contribution is -0.384. The summed E-state index contributed by atoms with van der Waals surface area (Å²) in [6, 6.07) is 10.2. The van der Waals surface area contributed by atoms with Crippen molar-refractivity contribution >= 4 is 34.2 Å². The van der Waals surface area contributed by atoms with Crippen molar-refractivity contribution in [3.63, 3.8) is 0 Å². The maximum absolute atomic E-state index is 12.3. The molecule has 9 heteroatoms. The summed E-state index contributed by atoms with van der Waals surface area (Å²) in [5, 5.41) is 11.0. The summed E-state index contributed by atoms with van der Waals surface area (Å²) >= 11 is 5.92. The van der Waals surface area contributed by atoms with Gasteiger partial charge in [-0.25, -0.2) is 9.78 Å². The first kappa shape index (κ1) is 17.6. The fourth-order valence-electron chi connectivity index (χ4n) is 2.36. The number of halogens is 1. The minimum Gasteiger partial charge on any atom is -0.451 e. The molecule has 0 fully saturated rings. The number of ether oxygens (including phenoxy) is 1. The molecule has 132 valence electrons. The van der Waals surface area contributed by atoms with Crippen molar-refractivity contribution in [3.05, 3.63) is 79.3 Å². The second kappa shape index (κ2) is 6.93. The highest BCUT2D eigenvalue weighted by Crippen LogP contribution is 2.25. The van der Waals surface area contributed by atoms with E-state index in [-0.39, 0.29) is 27.7 Å². The Balaban J connectivity index is 1.86. The van der Waals surface area contributed by atoms with E-state index < -0.39 is 17.0 Å². The van der Waals surface area contributed by atoms with Crippen LogP contribution in [0.15, 0.2) is 47.3 Å². The molecule has 1 aromatic heterocycles. The molecule has 0 saturated carbocycles. The molecule has 3 aromatic rings. The van der Waals surface area contributed by atoms with Crippen LogP contribution in [0.25, 0.3) is 10.9 Å². The van der Waals surface area contributed by atoms with Gasteiger partial charge in [0.2, 0.25) is 0 Å². The molecule has 3 rings (SSSR count). The van der Waals surface area contributed by atoms with Gasteiger partial charge in [-0.1, -0.05) is 23.7 Å². The van der Waals surface area contributed by atoms with Gasteiger partial charge in [-0.15, -0.1) is 0 Å². The smallest absolute Gasteiger partial charge is 0.340 e. The third kappa shape index (κ3) is 3.40. The summed E-state index contributed by atoms with van der Waals surface area (Å²) < 4.78 is 5.28. The number of nitro benzene ring substituents is 1. The van der Waals surface area contributed by atoms with Crippen LogP contribution >= 0.6 is 11.6 Å². The van der Waals surface area contributed by atoms with E-state index in [0.717, 1.165) is 12.1 Å². The van der Waals surface area contributed by atoms with Gasteiger partial charge in [0.05, 0.1) is 26.4 Å². The third-order valence-corrected chi connectivity index (χ3v) is 4.00. The number of fused-ring (bicyclic) bond motifs is 1. The number of carbonyl (C=O) groups is 1.